The minimum absolute atomic E-state index is 0.00206. The molecule has 1 rings (SSSR count). The van der Waals surface area contributed by atoms with Gasteiger partial charge in [-0.25, -0.2) is 0 Å². The number of halogens is 1. The van der Waals surface area contributed by atoms with Crippen molar-refractivity contribution < 1.29 is 19.4 Å². The van der Waals surface area contributed by atoms with Crippen LogP contribution < -0.4 is 5.73 Å². The average molecular weight is 316 g/mol. The molecule has 0 unspecified atom stereocenters. The van der Waals surface area contributed by atoms with E-state index in [9.17, 15) is 9.59 Å². The summed E-state index contributed by atoms with van der Waals surface area (Å²) in [6.45, 7) is 0.155. The Bertz CT molecular complexity index is 436. The molecule has 0 bridgehead atoms. The van der Waals surface area contributed by atoms with Crippen molar-refractivity contribution in [2.75, 3.05) is 0 Å². The van der Waals surface area contributed by atoms with E-state index in [-0.39, 0.29) is 19.4 Å². The lowest BCUT2D eigenvalue weighted by Crippen LogP contribution is -2.30. The van der Waals surface area contributed by atoms with Crippen LogP contribution in [0.2, 0.25) is 0 Å². The second-order valence-corrected chi connectivity index (χ2v) is 4.59. The minimum Gasteiger partial charge on any atom is -0.480 e. The molecule has 1 aromatic rings. The van der Waals surface area contributed by atoms with Gasteiger partial charge in [-0.2, -0.15) is 0 Å². The van der Waals surface area contributed by atoms with Crippen LogP contribution in [0.15, 0.2) is 28.7 Å². The van der Waals surface area contributed by atoms with Crippen LogP contribution in [0.3, 0.4) is 0 Å². The van der Waals surface area contributed by atoms with Crippen LogP contribution in [-0.4, -0.2) is 23.1 Å². The van der Waals surface area contributed by atoms with Gasteiger partial charge in [0.05, 0.1) is 0 Å². The first-order valence-corrected chi connectivity index (χ1v) is 6.17. The summed E-state index contributed by atoms with van der Waals surface area (Å²) in [7, 11) is 0. The van der Waals surface area contributed by atoms with E-state index in [2.05, 4.69) is 15.9 Å². The maximum Gasteiger partial charge on any atom is 0.320 e. The fourth-order valence-electron chi connectivity index (χ4n) is 1.24. The quantitative estimate of drug-likeness (QED) is 0.780. The Morgan fingerprint density at radius 1 is 1.39 bits per heavy atom. The number of carbonyl (C=O) groups excluding carboxylic acids is 1. The Morgan fingerprint density at radius 2 is 2.06 bits per heavy atom. The normalized spacial score (nSPS) is 11.9. The molecule has 6 heteroatoms. The van der Waals surface area contributed by atoms with Crippen LogP contribution in [0.25, 0.3) is 0 Å². The fraction of sp³-hybridized carbons (Fsp3) is 0.333. The number of aliphatic carboxylic acids is 1. The molecule has 0 aliphatic rings. The van der Waals surface area contributed by atoms with Crippen LogP contribution in [0.5, 0.6) is 0 Å². The number of benzene rings is 1. The van der Waals surface area contributed by atoms with Crippen molar-refractivity contribution in [3.8, 4) is 0 Å². The van der Waals surface area contributed by atoms with Crippen LogP contribution >= 0.6 is 15.9 Å². The highest BCUT2D eigenvalue weighted by Gasteiger charge is 2.14. The SMILES string of the molecule is N[C@@H](CCC(=O)OCc1ccccc1Br)C(=O)O. The standard InChI is InChI=1S/C12H14BrNO4/c13-9-4-2-1-3-8(9)7-18-11(15)6-5-10(14)12(16)17/h1-4,10H,5-7,14H2,(H,16,17)/t10-/m0/s1. The first-order chi connectivity index (χ1) is 8.50. The number of carbonyl (C=O) groups is 2. The van der Waals surface area contributed by atoms with E-state index in [1.807, 2.05) is 24.3 Å². The molecule has 1 atom stereocenters. The Labute approximate surface area is 113 Å². The third-order valence-corrected chi connectivity index (χ3v) is 3.10. The summed E-state index contributed by atoms with van der Waals surface area (Å²) in [4.78, 5) is 21.8. The number of carboxylic acid groups (broad SMARTS) is 1. The van der Waals surface area contributed by atoms with Crippen LogP contribution in [0, 0.1) is 0 Å². The second kappa shape index (κ2) is 7.13. The van der Waals surface area contributed by atoms with Gasteiger partial charge in [-0.3, -0.25) is 9.59 Å². The molecule has 3 N–H and O–H groups in total. The van der Waals surface area contributed by atoms with E-state index in [1.165, 1.54) is 0 Å². The van der Waals surface area contributed by atoms with Gasteiger partial charge >= 0.3 is 11.9 Å². The molecule has 0 fully saturated rings. The lowest BCUT2D eigenvalue weighted by Gasteiger charge is -2.08. The van der Waals surface area contributed by atoms with Gasteiger partial charge in [-0.15, -0.1) is 0 Å². The molecule has 5 nitrogen and oxygen atoms in total. The summed E-state index contributed by atoms with van der Waals surface area (Å²) < 4.78 is 5.88. The largest absolute Gasteiger partial charge is 0.480 e. The molecule has 0 aliphatic heterocycles. The molecule has 0 heterocycles. The van der Waals surface area contributed by atoms with Crippen molar-refractivity contribution in [2.45, 2.75) is 25.5 Å². The maximum atomic E-state index is 11.4. The predicted octanol–water partition coefficient (Wildman–Crippen LogP) is 1.68. The zero-order chi connectivity index (χ0) is 13.5. The molecule has 98 valence electrons. The Kier molecular flexibility index (Phi) is 5.80. The predicted molar refractivity (Wildman–Crippen MR) is 68.8 cm³/mol. The van der Waals surface area contributed by atoms with Crippen LogP contribution in [0.1, 0.15) is 18.4 Å². The van der Waals surface area contributed by atoms with Crippen molar-refractivity contribution in [2.24, 2.45) is 5.73 Å². The molecule has 0 radical (unpaired) electrons. The van der Waals surface area contributed by atoms with E-state index in [4.69, 9.17) is 15.6 Å². The summed E-state index contributed by atoms with van der Waals surface area (Å²) in [6.07, 6.45) is 0.0715. The molecule has 0 saturated carbocycles. The second-order valence-electron chi connectivity index (χ2n) is 3.74. The topological polar surface area (TPSA) is 89.6 Å². The summed E-state index contributed by atoms with van der Waals surface area (Å²) in [5, 5.41) is 8.56. The summed E-state index contributed by atoms with van der Waals surface area (Å²) in [5.41, 5.74) is 6.14. The molecule has 0 aliphatic carbocycles. The summed E-state index contributed by atoms with van der Waals surface area (Å²) >= 11 is 3.34. The van der Waals surface area contributed by atoms with E-state index < -0.39 is 18.0 Å². The Balaban J connectivity index is 2.34. The van der Waals surface area contributed by atoms with Gasteiger partial charge in [0.1, 0.15) is 12.6 Å². The lowest BCUT2D eigenvalue weighted by molar-refractivity contribution is -0.145. The van der Waals surface area contributed by atoms with Crippen LogP contribution in [0.4, 0.5) is 0 Å². The molecule has 0 spiro atoms. The van der Waals surface area contributed by atoms with Crippen molar-refractivity contribution >= 4 is 27.9 Å². The number of hydrogen-bond donors (Lipinski definition) is 2. The number of rotatable bonds is 6. The number of hydrogen-bond acceptors (Lipinski definition) is 4. The smallest absolute Gasteiger partial charge is 0.320 e. The van der Waals surface area contributed by atoms with Crippen molar-refractivity contribution in [1.82, 2.24) is 0 Å². The van der Waals surface area contributed by atoms with Gasteiger partial charge in [0.25, 0.3) is 0 Å². The summed E-state index contributed by atoms with van der Waals surface area (Å²) in [6, 6.07) is 6.36. The minimum atomic E-state index is -1.12. The first-order valence-electron chi connectivity index (χ1n) is 5.38. The Morgan fingerprint density at radius 3 is 2.67 bits per heavy atom. The van der Waals surface area contributed by atoms with Crippen molar-refractivity contribution in [1.29, 1.82) is 0 Å². The van der Waals surface area contributed by atoms with E-state index in [0.29, 0.717) is 0 Å². The number of carboxylic acids is 1. The number of esters is 1. The van der Waals surface area contributed by atoms with Crippen molar-refractivity contribution in [3.05, 3.63) is 34.3 Å². The van der Waals surface area contributed by atoms with Gasteiger partial charge < -0.3 is 15.6 Å². The van der Waals surface area contributed by atoms with Gasteiger partial charge in [0.15, 0.2) is 0 Å². The van der Waals surface area contributed by atoms with E-state index >= 15 is 0 Å². The molecular weight excluding hydrogens is 302 g/mol. The van der Waals surface area contributed by atoms with Crippen molar-refractivity contribution in [3.63, 3.8) is 0 Å². The van der Waals surface area contributed by atoms with Gasteiger partial charge in [0, 0.05) is 16.5 Å². The van der Waals surface area contributed by atoms with Gasteiger partial charge in [0.2, 0.25) is 0 Å². The highest BCUT2D eigenvalue weighted by Crippen LogP contribution is 2.16. The maximum absolute atomic E-state index is 11.4. The third kappa shape index (κ3) is 4.85. The number of ether oxygens (including phenoxy) is 1. The molecular formula is C12H14BrNO4. The number of nitrogens with two attached hydrogens (primary N) is 1. The highest BCUT2D eigenvalue weighted by atomic mass is 79.9. The van der Waals surface area contributed by atoms with Crippen LogP contribution in [-0.2, 0) is 20.9 Å². The molecule has 0 aromatic heterocycles. The molecule has 18 heavy (non-hydrogen) atoms. The zero-order valence-electron chi connectivity index (χ0n) is 9.64. The monoisotopic (exact) mass is 315 g/mol. The molecule has 0 saturated heterocycles. The lowest BCUT2D eigenvalue weighted by atomic mass is 10.2. The molecule has 0 amide bonds. The summed E-state index contributed by atoms with van der Waals surface area (Å²) in [5.74, 6) is -1.57. The van der Waals surface area contributed by atoms with E-state index in [1.54, 1.807) is 0 Å². The average Bonchev–Trinajstić information content (AvgIpc) is 2.34. The first kappa shape index (κ1) is 14.7. The van der Waals surface area contributed by atoms with Gasteiger partial charge in [-0.05, 0) is 12.5 Å². The zero-order valence-corrected chi connectivity index (χ0v) is 11.2. The van der Waals surface area contributed by atoms with Gasteiger partial charge in [-0.1, -0.05) is 34.1 Å². The van der Waals surface area contributed by atoms with E-state index in [0.717, 1.165) is 10.0 Å². The fourth-order valence-corrected chi connectivity index (χ4v) is 1.64. The highest BCUT2D eigenvalue weighted by molar-refractivity contribution is 9.10. The molecule has 1 aromatic carbocycles. The Hall–Kier alpha value is -1.40. The third-order valence-electron chi connectivity index (χ3n) is 2.32.